The third kappa shape index (κ3) is 15.8. The van der Waals surface area contributed by atoms with Crippen LogP contribution in [0, 0.1) is 33.1 Å². The molecule has 16 aromatic rings. The normalized spacial score (nSPS) is 29.5. The van der Waals surface area contributed by atoms with Gasteiger partial charge in [-0.25, -0.2) is 59.8 Å². The minimum atomic E-state index is -1.13. The van der Waals surface area contributed by atoms with Crippen LogP contribution in [0.4, 0.5) is 17.5 Å². The second kappa shape index (κ2) is 34.7. The Labute approximate surface area is 796 Å². The molecule has 0 bridgehead atoms. The number of aliphatic hydroxyl groups excluding tert-OH is 8. The zero-order chi connectivity index (χ0) is 92.3. The van der Waals surface area contributed by atoms with Crippen LogP contribution in [0.25, 0.3) is 87.7 Å². The zero-order valence-electron chi connectivity index (χ0n) is 71.8. The fourth-order valence-electron chi connectivity index (χ4n) is 20.7. The van der Waals surface area contributed by atoms with Gasteiger partial charge in [-0.2, -0.15) is 0 Å². The van der Waals surface area contributed by atoms with Gasteiger partial charge in [0.1, 0.15) is 130 Å². The van der Waals surface area contributed by atoms with E-state index in [0.29, 0.717) is 91.2 Å². The van der Waals surface area contributed by atoms with Crippen LogP contribution in [-0.4, -0.2) is 217 Å². The number of aliphatic hydroxyl groups is 8. The lowest BCUT2D eigenvalue weighted by atomic mass is 9.80. The van der Waals surface area contributed by atoms with E-state index in [9.17, 15) is 40.9 Å². The Kier molecular flexibility index (Phi) is 23.3. The van der Waals surface area contributed by atoms with Crippen LogP contribution < -0.4 is 22.5 Å². The number of ether oxygens (including phenoxy) is 6. The highest BCUT2D eigenvalue weighted by molar-refractivity contribution is 9.11. The lowest BCUT2D eigenvalue weighted by molar-refractivity contribution is -0.103. The third-order valence-corrected chi connectivity index (χ3v) is 31.0. The Morgan fingerprint density at radius 1 is 0.398 bits per heavy atom. The third-order valence-electron chi connectivity index (χ3n) is 27.9. The summed E-state index contributed by atoms with van der Waals surface area (Å²) in [6.07, 6.45) is 5.30. The number of fused-ring (bicyclic) bond motifs is 8. The van der Waals surface area contributed by atoms with Crippen molar-refractivity contribution in [2.75, 3.05) is 43.6 Å². The number of nitrogen functional groups attached to an aromatic ring is 3. The Bertz CT molecular complexity index is 6790. The number of halogens is 5. The van der Waals surface area contributed by atoms with Crippen molar-refractivity contribution in [3.63, 3.8) is 0 Å². The fourth-order valence-corrected chi connectivity index (χ4v) is 22.2. The maximum atomic E-state index is 11.1. The molecular formula is C94H91Br4ClN20O14. The van der Waals surface area contributed by atoms with E-state index in [0.717, 1.165) is 134 Å². The SMILES string of the molecule is Cc1ncnc2c1ccn2[C@@H]1C[C@@]2(CO[C@@H](Cc3ccc4cc(Br)c(Cl)nc4c3)C2)[C@@H](O)[C@H]1O.Cc1ncnc2c1ccn2[C@@H]1O[C@@]2(CN[C@H](c3ccc4cc(Br)c(N)nc4c3)C2)[C@@H](O)[C@H]1O.Cc1ncnc2c1ccn2[C@@H]1O[C@@]2(CO[C@@H](c3ccc4cc(Br)c(N)nc4c3)C2)[C@@H](O)[C@H]1O.Cc1ncnc2c1ccn2[C@@H]1O[C@@]2(CO[C@H](c3ccc4cc(Br)c(N)nc4c3)C2)[C@@H](O)[C@H]1O. The van der Waals surface area contributed by atoms with Gasteiger partial charge in [-0.05, 0) is 212 Å². The quantitative estimate of drug-likeness (QED) is 0.0597. The van der Waals surface area contributed by atoms with Gasteiger partial charge < -0.3 is 110 Å². The molecule has 15 N–H and O–H groups in total. The van der Waals surface area contributed by atoms with Gasteiger partial charge in [-0.3, -0.25) is 0 Å². The summed E-state index contributed by atoms with van der Waals surface area (Å²) in [5, 5.41) is 99.4. The number of hydrogen-bond donors (Lipinski definition) is 12. The van der Waals surface area contributed by atoms with Crippen LogP contribution >= 0.6 is 75.3 Å². The molecule has 1 aliphatic carbocycles. The molecule has 24 rings (SSSR count). The summed E-state index contributed by atoms with van der Waals surface area (Å²) in [4.78, 5) is 52.3. The van der Waals surface area contributed by atoms with Gasteiger partial charge in [0.25, 0.3) is 0 Å². The van der Waals surface area contributed by atoms with Crippen molar-refractivity contribution >= 4 is 181 Å². The molecule has 0 unspecified atom stereocenters. The van der Waals surface area contributed by atoms with Crippen LogP contribution in [-0.2, 0) is 34.8 Å². The predicted octanol–water partition coefficient (Wildman–Crippen LogP) is 12.3. The molecule has 1 saturated carbocycles. The van der Waals surface area contributed by atoms with Crippen molar-refractivity contribution < 1.29 is 69.3 Å². The number of aryl methyl sites for hydroxylation is 4. The van der Waals surface area contributed by atoms with E-state index in [-0.39, 0.29) is 43.6 Å². The summed E-state index contributed by atoms with van der Waals surface area (Å²) in [6.45, 7) is 8.81. The van der Waals surface area contributed by atoms with Gasteiger partial charge in [0.2, 0.25) is 0 Å². The van der Waals surface area contributed by atoms with Gasteiger partial charge in [-0.1, -0.05) is 60.1 Å². The van der Waals surface area contributed by atoms with Crippen molar-refractivity contribution in [1.29, 1.82) is 0 Å². The molecular weight excluding hydrogens is 1990 g/mol. The van der Waals surface area contributed by atoms with E-state index in [1.807, 2.05) is 160 Å². The summed E-state index contributed by atoms with van der Waals surface area (Å²) in [7, 11) is 0. The molecule has 0 radical (unpaired) electrons. The maximum absolute atomic E-state index is 11.1. The number of anilines is 3. The summed E-state index contributed by atoms with van der Waals surface area (Å²) in [5.74, 6) is 1.28. The monoisotopic (exact) mass is 2070 g/mol. The highest BCUT2D eigenvalue weighted by Crippen LogP contribution is 2.55. The van der Waals surface area contributed by atoms with Crippen LogP contribution in [0.5, 0.6) is 0 Å². The summed E-state index contributed by atoms with van der Waals surface area (Å²) in [6, 6.07) is 39.1. The predicted molar refractivity (Wildman–Crippen MR) is 508 cm³/mol. The molecule has 8 aliphatic rings. The maximum Gasteiger partial charge on any atom is 0.164 e. The molecule has 4 aromatic carbocycles. The standard InChI is InChI=1S/C25H24BrClN4O3.C23H23BrN6O3.2C23H22BrN5O4/c1-13-17-4-5-31(24(17)29-12-28-13)20-10-25(22(33)21(20)32)9-16(34-11-25)6-14-2-3-15-8-18(26)23(27)30-19(15)7-14;1-11-14-4-5-30(21(14)28-10-27-11)22-18(31)19(32)23(33-22)8-17(26-9-23)13-3-2-12-6-15(24)20(25)29-16(12)7-13;2*1-11-14-4-5-29(21(14)27-10-26-11)22-18(30)19(31)23(33-22)8-17(32-9-23)13-3-2-12-6-15(24)20(25)28-16(12)7-13/h2-5,7-8,12,16,20-22,32-33H,6,9-11H2,1H3;2-7,10,17-19,22,26,31-32H,8-9H2,1H3,(H2,25,29);2*2-7,10,17-19,22,30-31H,8-9H2,1H3,(H2,25,28)/t16-,20+,21-,22-,25-;2*17-,18+,19-,22+,23-;17-,18-,19+,22-,23+/m0001/s1. The molecule has 20 atom stereocenters. The van der Waals surface area contributed by atoms with Gasteiger partial charge in [-0.15, -0.1) is 0 Å². The van der Waals surface area contributed by atoms with Crippen molar-refractivity contribution in [3.05, 3.63) is 239 Å². The lowest BCUT2D eigenvalue weighted by Gasteiger charge is -2.26. The largest absolute Gasteiger partial charge is 0.390 e. The van der Waals surface area contributed by atoms with Crippen molar-refractivity contribution in [1.82, 2.24) is 83.4 Å². The summed E-state index contributed by atoms with van der Waals surface area (Å²) >= 11 is 19.8. The molecule has 19 heterocycles. The minimum Gasteiger partial charge on any atom is -0.390 e. The lowest BCUT2D eigenvalue weighted by Crippen LogP contribution is -2.44. The molecule has 7 aliphatic heterocycles. The highest BCUT2D eigenvalue weighted by Gasteiger charge is 2.63. The van der Waals surface area contributed by atoms with Gasteiger partial charge >= 0.3 is 0 Å². The molecule has 7 saturated heterocycles. The van der Waals surface area contributed by atoms with E-state index in [2.05, 4.69) is 135 Å². The average Bonchev–Trinajstić information content (AvgIpc) is 1.60. The molecule has 39 heteroatoms. The van der Waals surface area contributed by atoms with Crippen LogP contribution in [0.2, 0.25) is 5.15 Å². The molecule has 34 nitrogen and oxygen atoms in total. The van der Waals surface area contributed by atoms with E-state index in [1.54, 1.807) is 32.4 Å². The number of benzene rings is 4. The van der Waals surface area contributed by atoms with Gasteiger partial charge in [0, 0.05) is 98.7 Å². The van der Waals surface area contributed by atoms with Crippen LogP contribution in [0.1, 0.15) is 120 Å². The van der Waals surface area contributed by atoms with Crippen LogP contribution in [0.15, 0.2) is 189 Å². The Balaban J connectivity index is 0.000000107. The number of aromatic nitrogens is 16. The van der Waals surface area contributed by atoms with Crippen molar-refractivity contribution in [2.45, 2.75) is 181 Å². The Hall–Kier alpha value is -9.99. The highest BCUT2D eigenvalue weighted by atomic mass is 79.9. The second-order valence-electron chi connectivity index (χ2n) is 36.0. The Morgan fingerprint density at radius 2 is 0.782 bits per heavy atom. The Morgan fingerprint density at radius 3 is 1.23 bits per heavy atom. The first-order chi connectivity index (χ1) is 63.9. The second-order valence-corrected chi connectivity index (χ2v) is 39.7. The number of nitrogens with zero attached hydrogens (tertiary/aromatic N) is 16. The zero-order valence-corrected chi connectivity index (χ0v) is 78.9. The molecule has 133 heavy (non-hydrogen) atoms. The average molecular weight is 2080 g/mol. The van der Waals surface area contributed by atoms with E-state index < -0.39 is 89.7 Å². The number of rotatable bonds is 9. The summed E-state index contributed by atoms with van der Waals surface area (Å²) < 4.78 is 47.7. The van der Waals surface area contributed by atoms with E-state index in [1.165, 1.54) is 19.0 Å². The van der Waals surface area contributed by atoms with E-state index in [4.69, 9.17) is 57.2 Å². The van der Waals surface area contributed by atoms with Crippen LogP contribution in [0.3, 0.4) is 0 Å². The summed E-state index contributed by atoms with van der Waals surface area (Å²) in [5.41, 5.74) is 27.7. The first-order valence-electron chi connectivity index (χ1n) is 43.4. The smallest absolute Gasteiger partial charge is 0.164 e. The van der Waals surface area contributed by atoms with Gasteiger partial charge in [0.05, 0.1) is 113 Å². The molecule has 12 aromatic heterocycles. The molecule has 8 fully saturated rings. The first kappa shape index (κ1) is 89.5. The number of nitrogens with one attached hydrogen (secondary N) is 1. The minimum absolute atomic E-state index is 0.0463. The van der Waals surface area contributed by atoms with Crippen molar-refractivity contribution in [3.8, 4) is 0 Å². The molecule has 4 spiro atoms. The van der Waals surface area contributed by atoms with E-state index >= 15 is 0 Å². The van der Waals surface area contributed by atoms with Gasteiger partial charge in [0.15, 0.2) is 18.7 Å². The fraction of sp³-hybridized carbons (Fsp3) is 0.362. The number of nitrogens with two attached hydrogens (primary N) is 3. The van der Waals surface area contributed by atoms with Crippen molar-refractivity contribution in [2.24, 2.45) is 5.41 Å². The molecule has 686 valence electrons. The number of hydrogen-bond acceptors (Lipinski definition) is 30. The number of pyridine rings is 4. The first-order valence-corrected chi connectivity index (χ1v) is 47.0. The molecule has 0 amide bonds. The topological polar surface area (TPSA) is 482 Å².